The van der Waals surface area contributed by atoms with Gasteiger partial charge in [0.25, 0.3) is 0 Å². The third kappa shape index (κ3) is 2.70. The van der Waals surface area contributed by atoms with Crippen molar-refractivity contribution in [2.24, 2.45) is 11.8 Å². The number of carbonyl (C=O) groups is 1. The standard InChI is InChI=1S/C21H29NO6/c1-22-7-6-11-8-15-16(27-10-26-15)9-13(11)18(22)19-12-4-5-14(24-2)20(25-3)17(12)21(23)28-19/h12,14,17-20H,4-10H2,1-3H3/t12?,14?,17?,18-,19+,20?/m1/s1. The number of allylic oxidation sites excluding steroid dienone is 2. The zero-order valence-corrected chi connectivity index (χ0v) is 16.8. The topological polar surface area (TPSA) is 66.5 Å². The highest BCUT2D eigenvalue weighted by Crippen LogP contribution is 2.48. The Kier molecular flexibility index (Phi) is 4.64. The van der Waals surface area contributed by atoms with Crippen LogP contribution in [-0.4, -0.2) is 69.8 Å². The summed E-state index contributed by atoms with van der Waals surface area (Å²) in [5, 5.41) is 0. The number of hydrogen-bond donors (Lipinski definition) is 0. The third-order valence-electron chi connectivity index (χ3n) is 7.35. The Labute approximate surface area is 165 Å². The molecule has 0 radical (unpaired) electrons. The Balaban J connectivity index is 1.45. The minimum Gasteiger partial charge on any atom is -0.460 e. The predicted octanol–water partition coefficient (Wildman–Crippen LogP) is 1.98. The fourth-order valence-corrected chi connectivity index (χ4v) is 5.97. The number of carbonyl (C=O) groups excluding carboxylic acids is 1. The molecule has 0 amide bonds. The van der Waals surface area contributed by atoms with Crippen LogP contribution < -0.4 is 0 Å². The molecule has 0 N–H and O–H groups in total. The summed E-state index contributed by atoms with van der Waals surface area (Å²) in [5.74, 6) is 1.71. The molecule has 0 aromatic carbocycles. The summed E-state index contributed by atoms with van der Waals surface area (Å²) in [6.07, 6.45) is 3.99. The van der Waals surface area contributed by atoms with Gasteiger partial charge in [-0.05, 0) is 31.9 Å². The number of methoxy groups -OCH3 is 2. The molecular formula is C21H29NO6. The van der Waals surface area contributed by atoms with Gasteiger partial charge in [0.2, 0.25) is 6.79 Å². The van der Waals surface area contributed by atoms with E-state index in [1.165, 1.54) is 11.1 Å². The molecule has 2 fully saturated rings. The molecule has 0 bridgehead atoms. The lowest BCUT2D eigenvalue weighted by Gasteiger charge is -2.44. The van der Waals surface area contributed by atoms with E-state index in [1.807, 2.05) is 0 Å². The number of esters is 1. The number of nitrogens with zero attached hydrogens (tertiary/aromatic N) is 1. The molecule has 7 heteroatoms. The van der Waals surface area contributed by atoms with Crippen LogP contribution >= 0.6 is 0 Å². The van der Waals surface area contributed by atoms with Crippen LogP contribution in [0.1, 0.15) is 32.1 Å². The Morgan fingerprint density at radius 3 is 2.61 bits per heavy atom. The lowest BCUT2D eigenvalue weighted by atomic mass is 9.71. The van der Waals surface area contributed by atoms with E-state index in [1.54, 1.807) is 14.2 Å². The number of likely N-dealkylation sites (N-methyl/N-ethyl adjacent to an activating group) is 1. The van der Waals surface area contributed by atoms with Crippen molar-refractivity contribution in [2.45, 2.75) is 56.5 Å². The molecule has 3 aliphatic heterocycles. The second-order valence-electron chi connectivity index (χ2n) is 8.55. The van der Waals surface area contributed by atoms with Crippen LogP contribution in [0.4, 0.5) is 0 Å². The van der Waals surface area contributed by atoms with Crippen molar-refractivity contribution in [1.29, 1.82) is 0 Å². The van der Waals surface area contributed by atoms with Crippen molar-refractivity contribution in [3.05, 3.63) is 22.7 Å². The zero-order chi connectivity index (χ0) is 19.4. The van der Waals surface area contributed by atoms with Gasteiger partial charge in [0.05, 0.1) is 24.2 Å². The summed E-state index contributed by atoms with van der Waals surface area (Å²) in [4.78, 5) is 15.2. The first kappa shape index (κ1) is 18.5. The maximum absolute atomic E-state index is 12.9. The molecule has 4 unspecified atom stereocenters. The molecule has 2 aliphatic carbocycles. The highest BCUT2D eigenvalue weighted by Gasteiger charge is 2.57. The fraction of sp³-hybridized carbons (Fsp3) is 0.762. The minimum absolute atomic E-state index is 0.0529. The molecular weight excluding hydrogens is 362 g/mol. The lowest BCUT2D eigenvalue weighted by Crippen LogP contribution is -2.52. The van der Waals surface area contributed by atoms with Gasteiger partial charge in [-0.2, -0.15) is 0 Å². The van der Waals surface area contributed by atoms with Crippen LogP contribution in [-0.2, 0) is 28.5 Å². The van der Waals surface area contributed by atoms with Crippen LogP contribution in [0.3, 0.4) is 0 Å². The van der Waals surface area contributed by atoms with E-state index in [2.05, 4.69) is 11.9 Å². The minimum atomic E-state index is -0.252. The van der Waals surface area contributed by atoms with Gasteiger partial charge in [0, 0.05) is 39.5 Å². The predicted molar refractivity (Wildman–Crippen MR) is 99.0 cm³/mol. The molecule has 0 aromatic heterocycles. The van der Waals surface area contributed by atoms with Gasteiger partial charge in [-0.1, -0.05) is 5.57 Å². The van der Waals surface area contributed by atoms with Gasteiger partial charge in [-0.15, -0.1) is 0 Å². The van der Waals surface area contributed by atoms with Gasteiger partial charge >= 0.3 is 5.97 Å². The molecule has 7 nitrogen and oxygen atoms in total. The lowest BCUT2D eigenvalue weighted by molar-refractivity contribution is -0.153. The molecule has 0 aromatic rings. The Morgan fingerprint density at radius 1 is 1.07 bits per heavy atom. The number of cyclic esters (lactones) is 1. The average Bonchev–Trinajstić information content (AvgIpc) is 3.29. The van der Waals surface area contributed by atoms with Gasteiger partial charge in [-0.25, -0.2) is 0 Å². The normalized spacial score (nSPS) is 40.5. The van der Waals surface area contributed by atoms with E-state index in [0.29, 0.717) is 6.79 Å². The number of fused-ring (bicyclic) bond motifs is 1. The van der Waals surface area contributed by atoms with Crippen molar-refractivity contribution in [3.8, 4) is 0 Å². The fourth-order valence-electron chi connectivity index (χ4n) is 5.97. The smallest absolute Gasteiger partial charge is 0.312 e. The molecule has 6 atom stereocenters. The molecule has 1 saturated heterocycles. The summed E-state index contributed by atoms with van der Waals surface area (Å²) in [7, 11) is 5.50. The highest BCUT2D eigenvalue weighted by molar-refractivity contribution is 5.76. The molecule has 5 rings (SSSR count). The maximum atomic E-state index is 12.9. The van der Waals surface area contributed by atoms with Gasteiger partial charge in [0.1, 0.15) is 17.6 Å². The monoisotopic (exact) mass is 391 g/mol. The number of ether oxygens (including phenoxy) is 5. The second-order valence-corrected chi connectivity index (χ2v) is 8.55. The van der Waals surface area contributed by atoms with Gasteiger partial charge in [-0.3, -0.25) is 9.69 Å². The van der Waals surface area contributed by atoms with Crippen molar-refractivity contribution >= 4 is 5.97 Å². The molecule has 3 heterocycles. The highest BCUT2D eigenvalue weighted by atomic mass is 16.7. The van der Waals surface area contributed by atoms with Crippen LogP contribution in [0.15, 0.2) is 22.7 Å². The van der Waals surface area contributed by atoms with Crippen molar-refractivity contribution in [3.63, 3.8) is 0 Å². The average molecular weight is 391 g/mol. The number of rotatable bonds is 3. The van der Waals surface area contributed by atoms with Crippen LogP contribution in [0.5, 0.6) is 0 Å². The first-order valence-corrected chi connectivity index (χ1v) is 10.3. The van der Waals surface area contributed by atoms with Crippen molar-refractivity contribution in [1.82, 2.24) is 4.90 Å². The molecule has 154 valence electrons. The summed E-state index contributed by atoms with van der Waals surface area (Å²) in [5.41, 5.74) is 2.79. The first-order valence-electron chi connectivity index (χ1n) is 10.3. The van der Waals surface area contributed by atoms with E-state index < -0.39 is 0 Å². The first-order chi connectivity index (χ1) is 13.6. The zero-order valence-electron chi connectivity index (χ0n) is 16.8. The second kappa shape index (κ2) is 7.04. The summed E-state index contributed by atoms with van der Waals surface area (Å²) >= 11 is 0. The summed E-state index contributed by atoms with van der Waals surface area (Å²) in [6, 6.07) is 0.0950. The Hall–Kier alpha value is -1.57. The third-order valence-corrected chi connectivity index (χ3v) is 7.35. The van der Waals surface area contributed by atoms with Crippen LogP contribution in [0, 0.1) is 11.8 Å². The van der Waals surface area contributed by atoms with Gasteiger partial charge < -0.3 is 23.7 Å². The number of hydrogen-bond acceptors (Lipinski definition) is 7. The van der Waals surface area contributed by atoms with E-state index in [-0.39, 0.29) is 42.2 Å². The van der Waals surface area contributed by atoms with Crippen molar-refractivity contribution in [2.75, 3.05) is 34.6 Å². The van der Waals surface area contributed by atoms with E-state index in [0.717, 1.165) is 50.2 Å². The Morgan fingerprint density at radius 2 is 1.86 bits per heavy atom. The van der Waals surface area contributed by atoms with Crippen LogP contribution in [0.25, 0.3) is 0 Å². The SMILES string of the molecule is COC1CCC2C(C(=O)O[C@@H]2[C@H]2C3=C(CCN2C)CC2=C(C3)OCO2)C1OC. The quantitative estimate of drug-likeness (QED) is 0.538. The van der Waals surface area contributed by atoms with E-state index in [4.69, 9.17) is 23.7 Å². The molecule has 1 saturated carbocycles. The largest absolute Gasteiger partial charge is 0.460 e. The Bertz CT molecular complexity index is 730. The molecule has 28 heavy (non-hydrogen) atoms. The summed E-state index contributed by atoms with van der Waals surface area (Å²) < 4.78 is 28.7. The molecule has 5 aliphatic rings. The van der Waals surface area contributed by atoms with Gasteiger partial charge in [0.15, 0.2) is 0 Å². The summed E-state index contributed by atoms with van der Waals surface area (Å²) in [6.45, 7) is 1.29. The van der Waals surface area contributed by atoms with Crippen molar-refractivity contribution < 1.29 is 28.5 Å². The van der Waals surface area contributed by atoms with Crippen LogP contribution in [0.2, 0.25) is 0 Å². The maximum Gasteiger partial charge on any atom is 0.312 e. The van der Waals surface area contributed by atoms with E-state index in [9.17, 15) is 4.79 Å². The van der Waals surface area contributed by atoms with E-state index >= 15 is 0 Å². The molecule has 0 spiro atoms.